The molecule has 0 amide bonds. The SMILES string of the molecule is CCC(C)(O)c1ccc2ccc(C=CC3(C(=O)O)CC3)cc2n1. The predicted octanol–water partition coefficient (Wildman–Crippen LogP) is 3.73. The van der Waals surface area contributed by atoms with Crippen molar-refractivity contribution in [1.29, 1.82) is 0 Å². The van der Waals surface area contributed by atoms with Gasteiger partial charge in [0.15, 0.2) is 0 Å². The zero-order valence-corrected chi connectivity index (χ0v) is 13.4. The number of benzene rings is 1. The zero-order chi connectivity index (χ0) is 16.7. The lowest BCUT2D eigenvalue weighted by Gasteiger charge is -2.20. The first-order valence-corrected chi connectivity index (χ1v) is 7.93. The van der Waals surface area contributed by atoms with Crippen LogP contribution in [0.1, 0.15) is 44.4 Å². The molecule has 0 radical (unpaired) electrons. The van der Waals surface area contributed by atoms with E-state index in [9.17, 15) is 15.0 Å². The van der Waals surface area contributed by atoms with Crippen LogP contribution in [0.4, 0.5) is 0 Å². The van der Waals surface area contributed by atoms with Crippen molar-refractivity contribution in [3.8, 4) is 0 Å². The molecule has 1 aliphatic carbocycles. The molecule has 1 saturated carbocycles. The Morgan fingerprint density at radius 1 is 1.35 bits per heavy atom. The van der Waals surface area contributed by atoms with Gasteiger partial charge in [0.1, 0.15) is 5.60 Å². The fourth-order valence-electron chi connectivity index (χ4n) is 2.56. The Labute approximate surface area is 135 Å². The van der Waals surface area contributed by atoms with Crippen LogP contribution in [-0.2, 0) is 10.4 Å². The molecule has 1 aromatic heterocycles. The van der Waals surface area contributed by atoms with Crippen LogP contribution < -0.4 is 0 Å². The lowest BCUT2D eigenvalue weighted by Crippen LogP contribution is -2.21. The number of carbonyl (C=O) groups is 1. The van der Waals surface area contributed by atoms with Crippen LogP contribution in [0.5, 0.6) is 0 Å². The second kappa shape index (κ2) is 5.46. The number of rotatable bonds is 5. The summed E-state index contributed by atoms with van der Waals surface area (Å²) in [5, 5.41) is 20.6. The summed E-state index contributed by atoms with van der Waals surface area (Å²) in [6.45, 7) is 3.68. The van der Waals surface area contributed by atoms with E-state index in [-0.39, 0.29) is 0 Å². The highest BCUT2D eigenvalue weighted by atomic mass is 16.4. The molecule has 1 unspecified atom stereocenters. The van der Waals surface area contributed by atoms with Crippen molar-refractivity contribution in [1.82, 2.24) is 4.98 Å². The summed E-state index contributed by atoms with van der Waals surface area (Å²) in [5.74, 6) is -0.756. The number of carboxylic acid groups (broad SMARTS) is 1. The first-order valence-electron chi connectivity index (χ1n) is 7.93. The van der Waals surface area contributed by atoms with Crippen LogP contribution in [0.2, 0.25) is 0 Å². The van der Waals surface area contributed by atoms with Crippen molar-refractivity contribution in [2.45, 2.75) is 38.7 Å². The molecule has 0 bridgehead atoms. The van der Waals surface area contributed by atoms with Crippen LogP contribution in [0.3, 0.4) is 0 Å². The summed E-state index contributed by atoms with van der Waals surface area (Å²) in [4.78, 5) is 15.8. The van der Waals surface area contributed by atoms with E-state index in [4.69, 9.17) is 0 Å². The fraction of sp³-hybridized carbons (Fsp3) is 0.368. The smallest absolute Gasteiger partial charge is 0.313 e. The number of aliphatic hydroxyl groups is 1. The van der Waals surface area contributed by atoms with Crippen LogP contribution in [-0.4, -0.2) is 21.2 Å². The first kappa shape index (κ1) is 15.7. The van der Waals surface area contributed by atoms with Crippen molar-refractivity contribution in [3.05, 3.63) is 47.7 Å². The number of hydrogen-bond acceptors (Lipinski definition) is 3. The molecule has 0 spiro atoms. The molecule has 1 heterocycles. The third-order valence-electron chi connectivity index (χ3n) is 4.77. The summed E-state index contributed by atoms with van der Waals surface area (Å²) < 4.78 is 0. The Balaban J connectivity index is 1.94. The maximum absolute atomic E-state index is 11.2. The third kappa shape index (κ3) is 2.99. The number of hydrogen-bond donors (Lipinski definition) is 2. The molecule has 1 aliphatic rings. The number of pyridine rings is 1. The van der Waals surface area contributed by atoms with E-state index >= 15 is 0 Å². The van der Waals surface area contributed by atoms with E-state index in [0.717, 1.165) is 16.5 Å². The van der Waals surface area contributed by atoms with Gasteiger partial charge in [0, 0.05) is 5.39 Å². The molecule has 3 rings (SSSR count). The van der Waals surface area contributed by atoms with Crippen molar-refractivity contribution in [2.75, 3.05) is 0 Å². The maximum Gasteiger partial charge on any atom is 0.313 e. The van der Waals surface area contributed by atoms with Gasteiger partial charge in [-0.25, -0.2) is 4.98 Å². The van der Waals surface area contributed by atoms with Gasteiger partial charge >= 0.3 is 5.97 Å². The highest BCUT2D eigenvalue weighted by molar-refractivity contribution is 5.84. The first-order chi connectivity index (χ1) is 10.9. The minimum atomic E-state index is -0.943. The topological polar surface area (TPSA) is 70.4 Å². The minimum Gasteiger partial charge on any atom is -0.481 e. The molecular formula is C19H21NO3. The van der Waals surface area contributed by atoms with Gasteiger partial charge in [-0.05, 0) is 43.9 Å². The van der Waals surface area contributed by atoms with Gasteiger partial charge in [0.05, 0.1) is 16.6 Å². The van der Waals surface area contributed by atoms with Crippen molar-refractivity contribution < 1.29 is 15.0 Å². The summed E-state index contributed by atoms with van der Waals surface area (Å²) in [7, 11) is 0. The molecule has 2 aromatic rings. The van der Waals surface area contributed by atoms with Crippen molar-refractivity contribution in [2.24, 2.45) is 5.41 Å². The molecular weight excluding hydrogens is 290 g/mol. The van der Waals surface area contributed by atoms with Gasteiger partial charge in [0.25, 0.3) is 0 Å². The summed E-state index contributed by atoms with van der Waals surface area (Å²) in [6, 6.07) is 9.65. The summed E-state index contributed by atoms with van der Waals surface area (Å²) in [6.07, 6.45) is 5.63. The molecule has 4 nitrogen and oxygen atoms in total. The molecule has 1 aromatic carbocycles. The number of carboxylic acids is 1. The van der Waals surface area contributed by atoms with E-state index in [2.05, 4.69) is 4.98 Å². The van der Waals surface area contributed by atoms with Crippen LogP contribution in [0.15, 0.2) is 36.4 Å². The molecule has 120 valence electrons. The average molecular weight is 311 g/mol. The highest BCUT2D eigenvalue weighted by Crippen LogP contribution is 2.47. The van der Waals surface area contributed by atoms with Gasteiger partial charge in [0.2, 0.25) is 0 Å². The van der Waals surface area contributed by atoms with Crippen molar-refractivity contribution in [3.63, 3.8) is 0 Å². The van der Waals surface area contributed by atoms with Gasteiger partial charge < -0.3 is 10.2 Å². The molecule has 0 saturated heterocycles. The van der Waals surface area contributed by atoms with Gasteiger partial charge in [-0.2, -0.15) is 0 Å². The normalized spacial score (nSPS) is 18.9. The maximum atomic E-state index is 11.2. The molecule has 1 fully saturated rings. The quantitative estimate of drug-likeness (QED) is 0.882. The van der Waals surface area contributed by atoms with Crippen LogP contribution in [0.25, 0.3) is 17.0 Å². The third-order valence-corrected chi connectivity index (χ3v) is 4.77. The largest absolute Gasteiger partial charge is 0.481 e. The van der Waals surface area contributed by atoms with E-state index in [1.165, 1.54) is 0 Å². The highest BCUT2D eigenvalue weighted by Gasteiger charge is 2.47. The second-order valence-corrected chi connectivity index (χ2v) is 6.57. The lowest BCUT2D eigenvalue weighted by molar-refractivity contribution is -0.141. The average Bonchev–Trinajstić information content (AvgIpc) is 3.33. The van der Waals surface area contributed by atoms with Gasteiger partial charge in [-0.1, -0.05) is 37.3 Å². The Bertz CT molecular complexity index is 788. The van der Waals surface area contributed by atoms with Gasteiger partial charge in [-0.3, -0.25) is 4.79 Å². The molecule has 1 atom stereocenters. The van der Waals surface area contributed by atoms with Gasteiger partial charge in [-0.15, -0.1) is 0 Å². The Morgan fingerprint density at radius 2 is 2.04 bits per heavy atom. The molecule has 2 N–H and O–H groups in total. The number of fused-ring (bicyclic) bond motifs is 1. The van der Waals surface area contributed by atoms with Crippen molar-refractivity contribution >= 4 is 22.9 Å². The Kier molecular flexibility index (Phi) is 3.72. The van der Waals surface area contributed by atoms with E-state index in [1.807, 2.05) is 43.3 Å². The fourth-order valence-corrected chi connectivity index (χ4v) is 2.56. The molecule has 4 heteroatoms. The van der Waals surface area contributed by atoms with E-state index in [0.29, 0.717) is 25.0 Å². The number of nitrogens with zero attached hydrogens (tertiary/aromatic N) is 1. The lowest BCUT2D eigenvalue weighted by atomic mass is 9.97. The Morgan fingerprint density at radius 3 is 2.65 bits per heavy atom. The minimum absolute atomic E-state index is 0.590. The zero-order valence-electron chi connectivity index (χ0n) is 13.4. The van der Waals surface area contributed by atoms with E-state index < -0.39 is 17.0 Å². The summed E-state index contributed by atoms with van der Waals surface area (Å²) >= 11 is 0. The predicted molar refractivity (Wildman–Crippen MR) is 89.9 cm³/mol. The monoisotopic (exact) mass is 311 g/mol. The standard InChI is InChI=1S/C19H21NO3/c1-3-18(2,23)16-7-6-14-5-4-13(12-15(14)20-16)8-9-19(10-11-19)17(21)22/h4-9,12,23H,3,10-11H2,1-2H3,(H,21,22). The molecule has 0 aliphatic heterocycles. The van der Waals surface area contributed by atoms with E-state index in [1.54, 1.807) is 13.0 Å². The summed E-state index contributed by atoms with van der Waals surface area (Å²) in [5.41, 5.74) is 0.763. The number of aliphatic carboxylic acids is 1. The van der Waals surface area contributed by atoms with Crippen LogP contribution >= 0.6 is 0 Å². The molecule has 23 heavy (non-hydrogen) atoms. The Hall–Kier alpha value is -2.20. The van der Waals surface area contributed by atoms with Crippen LogP contribution in [0, 0.1) is 5.41 Å². The number of aromatic nitrogens is 1. The second-order valence-electron chi connectivity index (χ2n) is 6.57.